The number of rotatable bonds is 4. The third-order valence-corrected chi connectivity index (χ3v) is 2.90. The minimum atomic E-state index is -0.208. The molecule has 1 aliphatic heterocycles. The summed E-state index contributed by atoms with van der Waals surface area (Å²) in [7, 11) is 0. The Kier molecular flexibility index (Phi) is 3.98. The lowest BCUT2D eigenvalue weighted by molar-refractivity contribution is 0.0754. The third kappa shape index (κ3) is 3.20. The molecule has 1 fully saturated rings. The summed E-state index contributed by atoms with van der Waals surface area (Å²) in [5.41, 5.74) is 7.71. The molecule has 1 aromatic carbocycles. The van der Waals surface area contributed by atoms with E-state index in [9.17, 15) is 4.79 Å². The van der Waals surface area contributed by atoms with Gasteiger partial charge in [-0.05, 0) is 30.5 Å². The summed E-state index contributed by atoms with van der Waals surface area (Å²) in [6, 6.07) is 8.01. The van der Waals surface area contributed by atoms with Gasteiger partial charge in [0.15, 0.2) is 0 Å². The minimum Gasteiger partial charge on any atom is -0.445 e. The van der Waals surface area contributed by atoms with Crippen molar-refractivity contribution in [3.8, 4) is 0 Å². The number of amides is 1. The second-order valence-corrected chi connectivity index (χ2v) is 4.25. The molecule has 17 heavy (non-hydrogen) atoms. The quantitative estimate of drug-likeness (QED) is 0.859. The van der Waals surface area contributed by atoms with Gasteiger partial charge in [0, 0.05) is 13.1 Å². The van der Waals surface area contributed by atoms with Gasteiger partial charge in [0.1, 0.15) is 6.61 Å². The van der Waals surface area contributed by atoms with Crippen LogP contribution in [0.5, 0.6) is 0 Å². The van der Waals surface area contributed by atoms with Crippen LogP contribution in [0.4, 0.5) is 4.79 Å². The summed E-state index contributed by atoms with van der Waals surface area (Å²) in [6.45, 7) is 2.63. The number of ether oxygens (including phenoxy) is 1. The molecule has 1 aromatic rings. The Labute approximate surface area is 101 Å². The highest BCUT2D eigenvalue weighted by Crippen LogP contribution is 2.11. The molecule has 0 bridgehead atoms. The van der Waals surface area contributed by atoms with Gasteiger partial charge < -0.3 is 15.4 Å². The summed E-state index contributed by atoms with van der Waals surface area (Å²) in [5, 5.41) is 0. The predicted molar refractivity (Wildman–Crippen MR) is 65.6 cm³/mol. The average Bonchev–Trinajstić information content (AvgIpc) is 2.25. The summed E-state index contributed by atoms with van der Waals surface area (Å²) in [4.78, 5) is 13.2. The number of carbonyl (C=O) groups excluding carboxylic acids is 1. The molecule has 0 atom stereocenters. The van der Waals surface area contributed by atoms with Crippen molar-refractivity contribution in [2.75, 3.05) is 19.6 Å². The van der Waals surface area contributed by atoms with Crippen LogP contribution in [0.1, 0.15) is 17.5 Å². The standard InChI is InChI=1S/C13H18N2O2/c14-6-5-11-3-1-4-12(9-11)10-17-13(16)15-7-2-8-15/h1,3-4,9H,2,5-8,10,14H2. The Morgan fingerprint density at radius 2 is 2.12 bits per heavy atom. The van der Waals surface area contributed by atoms with E-state index in [1.807, 2.05) is 24.3 Å². The van der Waals surface area contributed by atoms with Gasteiger partial charge in [-0.3, -0.25) is 0 Å². The molecule has 0 spiro atoms. The monoisotopic (exact) mass is 234 g/mol. The Hall–Kier alpha value is -1.55. The van der Waals surface area contributed by atoms with E-state index in [0.717, 1.165) is 31.5 Å². The van der Waals surface area contributed by atoms with Crippen LogP contribution >= 0.6 is 0 Å². The van der Waals surface area contributed by atoms with Crippen molar-refractivity contribution in [3.05, 3.63) is 35.4 Å². The van der Waals surface area contributed by atoms with Crippen LogP contribution in [0.3, 0.4) is 0 Å². The normalized spacial score (nSPS) is 14.3. The van der Waals surface area contributed by atoms with E-state index < -0.39 is 0 Å². The predicted octanol–water partition coefficient (Wildman–Crippen LogP) is 1.53. The van der Waals surface area contributed by atoms with Crippen molar-refractivity contribution < 1.29 is 9.53 Å². The van der Waals surface area contributed by atoms with E-state index >= 15 is 0 Å². The van der Waals surface area contributed by atoms with Crippen LogP contribution in [0.25, 0.3) is 0 Å². The van der Waals surface area contributed by atoms with Crippen LogP contribution in [0, 0.1) is 0 Å². The number of hydrogen-bond acceptors (Lipinski definition) is 3. The van der Waals surface area contributed by atoms with Gasteiger partial charge in [0.25, 0.3) is 0 Å². The van der Waals surface area contributed by atoms with Gasteiger partial charge in [-0.2, -0.15) is 0 Å². The maximum Gasteiger partial charge on any atom is 0.410 e. The molecule has 0 saturated carbocycles. The SMILES string of the molecule is NCCc1cccc(COC(=O)N2CCC2)c1. The zero-order valence-corrected chi connectivity index (χ0v) is 9.89. The Bertz CT molecular complexity index is 389. The molecule has 0 radical (unpaired) electrons. The first-order valence-corrected chi connectivity index (χ1v) is 5.99. The molecule has 2 N–H and O–H groups in total. The fourth-order valence-electron chi connectivity index (χ4n) is 1.78. The van der Waals surface area contributed by atoms with E-state index in [2.05, 4.69) is 0 Å². The highest BCUT2D eigenvalue weighted by atomic mass is 16.6. The van der Waals surface area contributed by atoms with Gasteiger partial charge in [-0.25, -0.2) is 4.79 Å². The molecule has 0 aromatic heterocycles. The zero-order valence-electron chi connectivity index (χ0n) is 9.89. The van der Waals surface area contributed by atoms with Crippen LogP contribution in [0.15, 0.2) is 24.3 Å². The highest BCUT2D eigenvalue weighted by molar-refractivity contribution is 5.68. The second-order valence-electron chi connectivity index (χ2n) is 4.25. The molecule has 4 nitrogen and oxygen atoms in total. The van der Waals surface area contributed by atoms with E-state index in [1.165, 1.54) is 5.56 Å². The Balaban J connectivity index is 1.85. The lowest BCUT2D eigenvalue weighted by atomic mass is 10.1. The van der Waals surface area contributed by atoms with Crippen molar-refractivity contribution in [2.45, 2.75) is 19.4 Å². The van der Waals surface area contributed by atoms with Gasteiger partial charge >= 0.3 is 6.09 Å². The number of likely N-dealkylation sites (tertiary alicyclic amines) is 1. The lowest BCUT2D eigenvalue weighted by Gasteiger charge is -2.29. The molecule has 0 unspecified atom stereocenters. The molecule has 1 aliphatic rings. The Morgan fingerprint density at radius 1 is 1.35 bits per heavy atom. The first-order valence-electron chi connectivity index (χ1n) is 5.99. The van der Waals surface area contributed by atoms with E-state index in [1.54, 1.807) is 4.90 Å². The van der Waals surface area contributed by atoms with Crippen LogP contribution in [-0.4, -0.2) is 30.6 Å². The molecule has 2 rings (SSSR count). The summed E-state index contributed by atoms with van der Waals surface area (Å²) in [6.07, 6.45) is 1.73. The van der Waals surface area contributed by atoms with Crippen molar-refractivity contribution in [1.82, 2.24) is 4.90 Å². The van der Waals surface area contributed by atoms with Crippen molar-refractivity contribution in [2.24, 2.45) is 5.73 Å². The molecule has 0 aliphatic carbocycles. The van der Waals surface area contributed by atoms with Crippen LogP contribution in [0.2, 0.25) is 0 Å². The van der Waals surface area contributed by atoms with E-state index in [0.29, 0.717) is 13.2 Å². The molecule has 92 valence electrons. The third-order valence-electron chi connectivity index (χ3n) is 2.90. The number of nitrogens with zero attached hydrogens (tertiary/aromatic N) is 1. The zero-order chi connectivity index (χ0) is 12.1. The minimum absolute atomic E-state index is 0.208. The fraction of sp³-hybridized carbons (Fsp3) is 0.462. The smallest absolute Gasteiger partial charge is 0.410 e. The topological polar surface area (TPSA) is 55.6 Å². The van der Waals surface area contributed by atoms with Gasteiger partial charge in [0.05, 0.1) is 0 Å². The Morgan fingerprint density at radius 3 is 2.76 bits per heavy atom. The number of carbonyl (C=O) groups is 1. The summed E-state index contributed by atoms with van der Waals surface area (Å²) in [5.74, 6) is 0. The molecule has 1 amide bonds. The molecular formula is C13H18N2O2. The number of benzene rings is 1. The lowest BCUT2D eigenvalue weighted by Crippen LogP contribution is -2.42. The van der Waals surface area contributed by atoms with E-state index in [4.69, 9.17) is 10.5 Å². The average molecular weight is 234 g/mol. The van der Waals surface area contributed by atoms with Crippen LogP contribution in [-0.2, 0) is 17.8 Å². The summed E-state index contributed by atoms with van der Waals surface area (Å²) >= 11 is 0. The first kappa shape index (κ1) is 11.9. The van der Waals surface area contributed by atoms with Crippen LogP contribution < -0.4 is 5.73 Å². The van der Waals surface area contributed by atoms with Crippen molar-refractivity contribution in [3.63, 3.8) is 0 Å². The van der Waals surface area contributed by atoms with Gasteiger partial charge in [-0.1, -0.05) is 24.3 Å². The summed E-state index contributed by atoms with van der Waals surface area (Å²) < 4.78 is 5.22. The number of hydrogen-bond donors (Lipinski definition) is 1. The number of nitrogens with two attached hydrogens (primary N) is 1. The largest absolute Gasteiger partial charge is 0.445 e. The first-order chi connectivity index (χ1) is 8.29. The second kappa shape index (κ2) is 5.68. The maximum absolute atomic E-state index is 11.5. The fourth-order valence-corrected chi connectivity index (χ4v) is 1.78. The molecule has 1 saturated heterocycles. The maximum atomic E-state index is 11.5. The molecular weight excluding hydrogens is 216 g/mol. The highest BCUT2D eigenvalue weighted by Gasteiger charge is 2.21. The molecule has 4 heteroatoms. The van der Waals surface area contributed by atoms with Gasteiger partial charge in [-0.15, -0.1) is 0 Å². The van der Waals surface area contributed by atoms with Crippen molar-refractivity contribution in [1.29, 1.82) is 0 Å². The van der Waals surface area contributed by atoms with E-state index in [-0.39, 0.29) is 6.09 Å². The van der Waals surface area contributed by atoms with Gasteiger partial charge in [0.2, 0.25) is 0 Å². The van der Waals surface area contributed by atoms with Crippen molar-refractivity contribution >= 4 is 6.09 Å². The molecule has 1 heterocycles.